The van der Waals surface area contributed by atoms with E-state index in [2.05, 4.69) is 64.8 Å². The van der Waals surface area contributed by atoms with Crippen LogP contribution in [0.5, 0.6) is 0 Å². The van der Waals surface area contributed by atoms with E-state index in [0.717, 1.165) is 16.7 Å². The summed E-state index contributed by atoms with van der Waals surface area (Å²) < 4.78 is 2.14. The van der Waals surface area contributed by atoms with Crippen LogP contribution in [0.2, 0.25) is 0 Å². The normalized spacial score (nSPS) is 11.5. The summed E-state index contributed by atoms with van der Waals surface area (Å²) in [5.41, 5.74) is 7.00. The van der Waals surface area contributed by atoms with E-state index < -0.39 is 0 Å². The molecule has 0 saturated heterocycles. The van der Waals surface area contributed by atoms with Crippen molar-refractivity contribution in [2.75, 3.05) is 0 Å². The number of nitrogens with zero attached hydrogens (tertiary/aromatic N) is 2. The molecular formula is C17H15N3. The Labute approximate surface area is 116 Å². The molecule has 0 aliphatic carbocycles. The molecule has 2 heterocycles. The van der Waals surface area contributed by atoms with Crippen molar-refractivity contribution in [3.8, 4) is 5.69 Å². The fourth-order valence-electron chi connectivity index (χ4n) is 2.73. The average molecular weight is 261 g/mol. The number of H-pyrrole nitrogens is 1. The van der Waals surface area contributed by atoms with Crippen LogP contribution in [0.25, 0.3) is 27.6 Å². The van der Waals surface area contributed by atoms with Gasteiger partial charge in [-0.1, -0.05) is 6.07 Å². The summed E-state index contributed by atoms with van der Waals surface area (Å²) in [4.78, 5) is 7.78. The maximum absolute atomic E-state index is 4.50. The molecule has 0 aliphatic rings. The highest BCUT2D eigenvalue weighted by Gasteiger charge is 2.07. The third kappa shape index (κ3) is 1.56. The van der Waals surface area contributed by atoms with E-state index in [9.17, 15) is 0 Å². The van der Waals surface area contributed by atoms with Gasteiger partial charge in [0.15, 0.2) is 0 Å². The third-order valence-electron chi connectivity index (χ3n) is 3.85. The molecule has 0 amide bonds. The van der Waals surface area contributed by atoms with Gasteiger partial charge in [-0.25, -0.2) is 4.98 Å². The van der Waals surface area contributed by atoms with Crippen LogP contribution in [0.3, 0.4) is 0 Å². The summed E-state index contributed by atoms with van der Waals surface area (Å²) in [5.74, 6) is 0. The van der Waals surface area contributed by atoms with Crippen molar-refractivity contribution < 1.29 is 0 Å². The molecule has 0 bridgehead atoms. The highest BCUT2D eigenvalue weighted by Crippen LogP contribution is 2.24. The zero-order valence-corrected chi connectivity index (χ0v) is 11.5. The second-order valence-electron chi connectivity index (χ2n) is 5.31. The Kier molecular flexibility index (Phi) is 2.24. The molecular weight excluding hydrogens is 246 g/mol. The molecule has 1 N–H and O–H groups in total. The lowest BCUT2D eigenvalue weighted by molar-refractivity contribution is 1.10. The van der Waals surface area contributed by atoms with Gasteiger partial charge in [-0.15, -0.1) is 0 Å². The predicted molar refractivity (Wildman–Crippen MR) is 82.4 cm³/mol. The van der Waals surface area contributed by atoms with Crippen LogP contribution in [0.4, 0.5) is 0 Å². The molecule has 0 spiro atoms. The third-order valence-corrected chi connectivity index (χ3v) is 3.85. The number of rotatable bonds is 1. The van der Waals surface area contributed by atoms with Crippen molar-refractivity contribution in [3.05, 3.63) is 60.0 Å². The van der Waals surface area contributed by atoms with Crippen molar-refractivity contribution in [1.29, 1.82) is 0 Å². The first kappa shape index (κ1) is 11.3. The SMILES string of the molecule is Cc1ccc2c(c1)ncn2-c1ccc2[nH]cc(C)c2c1. The van der Waals surface area contributed by atoms with Crippen LogP contribution < -0.4 is 0 Å². The fraction of sp³-hybridized carbons (Fsp3) is 0.118. The molecule has 0 unspecified atom stereocenters. The van der Waals surface area contributed by atoms with E-state index in [1.54, 1.807) is 0 Å². The van der Waals surface area contributed by atoms with E-state index in [0.29, 0.717) is 0 Å². The molecule has 0 saturated carbocycles. The van der Waals surface area contributed by atoms with Gasteiger partial charge in [0.25, 0.3) is 0 Å². The van der Waals surface area contributed by atoms with E-state index in [-0.39, 0.29) is 0 Å². The van der Waals surface area contributed by atoms with Gasteiger partial charge in [0, 0.05) is 22.8 Å². The maximum atomic E-state index is 4.50. The lowest BCUT2D eigenvalue weighted by Crippen LogP contribution is -1.91. The van der Waals surface area contributed by atoms with Gasteiger partial charge in [0.2, 0.25) is 0 Å². The Hall–Kier alpha value is -2.55. The summed E-state index contributed by atoms with van der Waals surface area (Å²) >= 11 is 0. The molecule has 3 heteroatoms. The van der Waals surface area contributed by atoms with Gasteiger partial charge in [-0.3, -0.25) is 4.57 Å². The molecule has 20 heavy (non-hydrogen) atoms. The minimum Gasteiger partial charge on any atom is -0.361 e. The van der Waals surface area contributed by atoms with Crippen LogP contribution in [0, 0.1) is 13.8 Å². The van der Waals surface area contributed by atoms with Gasteiger partial charge in [0.05, 0.1) is 11.0 Å². The molecule has 2 aromatic carbocycles. The summed E-state index contributed by atoms with van der Waals surface area (Å²) in [5, 5.41) is 1.26. The number of hydrogen-bond donors (Lipinski definition) is 1. The van der Waals surface area contributed by atoms with Crippen molar-refractivity contribution in [2.24, 2.45) is 0 Å². The second kappa shape index (κ2) is 3.97. The van der Waals surface area contributed by atoms with Crippen LogP contribution in [-0.4, -0.2) is 14.5 Å². The first-order chi connectivity index (χ1) is 9.72. The Bertz CT molecular complexity index is 928. The predicted octanol–water partition coefficient (Wildman–Crippen LogP) is 4.12. The summed E-state index contributed by atoms with van der Waals surface area (Å²) in [6, 6.07) is 12.8. The molecule has 98 valence electrons. The van der Waals surface area contributed by atoms with Gasteiger partial charge in [-0.05, 0) is 55.3 Å². The Morgan fingerprint density at radius 2 is 1.95 bits per heavy atom. The second-order valence-corrected chi connectivity index (χ2v) is 5.31. The molecule has 2 aromatic heterocycles. The fourth-order valence-corrected chi connectivity index (χ4v) is 2.73. The van der Waals surface area contributed by atoms with Gasteiger partial charge >= 0.3 is 0 Å². The molecule has 0 aliphatic heterocycles. The molecule has 0 fully saturated rings. The standard InChI is InChI=1S/C17H15N3/c1-11-3-6-17-16(7-11)19-10-20(17)13-4-5-15-14(8-13)12(2)9-18-15/h3-10,18H,1-2H3. The minimum absolute atomic E-state index is 1.04. The van der Waals surface area contributed by atoms with Crippen molar-refractivity contribution in [1.82, 2.24) is 14.5 Å². The van der Waals surface area contributed by atoms with Gasteiger partial charge < -0.3 is 4.98 Å². The number of benzene rings is 2. The number of aromatic amines is 1. The van der Waals surface area contributed by atoms with Crippen molar-refractivity contribution >= 4 is 21.9 Å². The van der Waals surface area contributed by atoms with E-state index >= 15 is 0 Å². The molecule has 3 nitrogen and oxygen atoms in total. The van der Waals surface area contributed by atoms with Crippen LogP contribution >= 0.6 is 0 Å². The zero-order valence-electron chi connectivity index (χ0n) is 11.5. The Morgan fingerprint density at radius 3 is 2.85 bits per heavy atom. The molecule has 0 atom stereocenters. The number of aryl methyl sites for hydroxylation is 2. The summed E-state index contributed by atoms with van der Waals surface area (Å²) in [6.07, 6.45) is 3.94. The average Bonchev–Trinajstić information content (AvgIpc) is 3.02. The molecule has 4 aromatic rings. The minimum atomic E-state index is 1.04. The zero-order chi connectivity index (χ0) is 13.7. The monoisotopic (exact) mass is 261 g/mol. The molecule has 4 rings (SSSR count). The lowest BCUT2D eigenvalue weighted by atomic mass is 10.1. The first-order valence-corrected chi connectivity index (χ1v) is 6.74. The highest BCUT2D eigenvalue weighted by molar-refractivity contribution is 5.86. The maximum Gasteiger partial charge on any atom is 0.100 e. The number of imidazole rings is 1. The van der Waals surface area contributed by atoms with E-state index in [1.807, 2.05) is 12.5 Å². The van der Waals surface area contributed by atoms with Crippen LogP contribution in [0.1, 0.15) is 11.1 Å². The number of fused-ring (bicyclic) bond motifs is 2. The topological polar surface area (TPSA) is 33.6 Å². The number of hydrogen-bond acceptors (Lipinski definition) is 1. The van der Waals surface area contributed by atoms with Crippen LogP contribution in [-0.2, 0) is 0 Å². The Balaban J connectivity index is 1.98. The van der Waals surface area contributed by atoms with Crippen LogP contribution in [0.15, 0.2) is 48.9 Å². The lowest BCUT2D eigenvalue weighted by Gasteiger charge is -2.05. The highest BCUT2D eigenvalue weighted by atomic mass is 15.0. The van der Waals surface area contributed by atoms with E-state index in [4.69, 9.17) is 0 Å². The smallest absolute Gasteiger partial charge is 0.100 e. The summed E-state index contributed by atoms with van der Waals surface area (Å²) in [7, 11) is 0. The Morgan fingerprint density at radius 1 is 1.05 bits per heavy atom. The van der Waals surface area contributed by atoms with Gasteiger partial charge in [-0.2, -0.15) is 0 Å². The van der Waals surface area contributed by atoms with E-state index in [1.165, 1.54) is 22.0 Å². The largest absolute Gasteiger partial charge is 0.361 e. The molecule has 0 radical (unpaired) electrons. The first-order valence-electron chi connectivity index (χ1n) is 6.74. The van der Waals surface area contributed by atoms with Crippen molar-refractivity contribution in [3.63, 3.8) is 0 Å². The van der Waals surface area contributed by atoms with Crippen molar-refractivity contribution in [2.45, 2.75) is 13.8 Å². The van der Waals surface area contributed by atoms with Gasteiger partial charge in [0.1, 0.15) is 6.33 Å². The number of nitrogens with one attached hydrogen (secondary N) is 1. The summed E-state index contributed by atoms with van der Waals surface area (Å²) in [6.45, 7) is 4.21. The number of aromatic nitrogens is 3. The quantitative estimate of drug-likeness (QED) is 0.549.